The number of benzene rings is 3. The second kappa shape index (κ2) is 10.6. The molecule has 0 radical (unpaired) electrons. The van der Waals surface area contributed by atoms with Crippen LogP contribution in [0.2, 0.25) is 0 Å². The molecule has 1 aliphatic carbocycles. The number of nitrogens with zero attached hydrogens (tertiary/aromatic N) is 2. The summed E-state index contributed by atoms with van der Waals surface area (Å²) in [5.41, 5.74) is 9.90. The van der Waals surface area contributed by atoms with Gasteiger partial charge in [0.1, 0.15) is 19.0 Å². The third-order valence-electron chi connectivity index (χ3n) is 7.09. The van der Waals surface area contributed by atoms with Gasteiger partial charge < -0.3 is 19.7 Å². The van der Waals surface area contributed by atoms with E-state index >= 15 is 0 Å². The minimum absolute atomic E-state index is 0.0628. The molecule has 0 amide bonds. The van der Waals surface area contributed by atoms with Crippen molar-refractivity contribution in [2.75, 3.05) is 13.2 Å². The van der Waals surface area contributed by atoms with E-state index in [-0.39, 0.29) is 31.6 Å². The van der Waals surface area contributed by atoms with Gasteiger partial charge in [0.2, 0.25) is 0 Å². The SMILES string of the molecule is Cc1nc(OCCO)nc(C)c1-c1cccc(COc2ccc3c(c2)-c2ccccc2C3CC(=O)O)c1C. The number of aryl methyl sites for hydroxylation is 2. The monoisotopic (exact) mass is 510 g/mol. The zero-order valence-corrected chi connectivity index (χ0v) is 21.7. The predicted octanol–water partition coefficient (Wildman–Crippen LogP) is 5.61. The average Bonchev–Trinajstić information content (AvgIpc) is 3.20. The predicted molar refractivity (Wildman–Crippen MR) is 145 cm³/mol. The summed E-state index contributed by atoms with van der Waals surface area (Å²) < 4.78 is 11.7. The van der Waals surface area contributed by atoms with Crippen LogP contribution in [-0.4, -0.2) is 39.4 Å². The number of carbonyl (C=O) groups is 1. The molecule has 194 valence electrons. The zero-order valence-electron chi connectivity index (χ0n) is 21.7. The quantitative estimate of drug-likeness (QED) is 0.302. The Hall–Kier alpha value is -4.23. The number of aliphatic hydroxyl groups excluding tert-OH is 1. The first-order valence-corrected chi connectivity index (χ1v) is 12.6. The molecule has 1 heterocycles. The number of aliphatic carboxylic acids is 1. The molecular weight excluding hydrogens is 480 g/mol. The number of aliphatic hydroxyl groups is 1. The van der Waals surface area contributed by atoms with Crippen LogP contribution in [0.25, 0.3) is 22.3 Å². The van der Waals surface area contributed by atoms with Crippen LogP contribution in [0, 0.1) is 20.8 Å². The second-order valence-corrected chi connectivity index (χ2v) is 9.49. The van der Waals surface area contributed by atoms with Gasteiger partial charge in [-0.15, -0.1) is 0 Å². The topological polar surface area (TPSA) is 102 Å². The Bertz CT molecular complexity index is 1490. The van der Waals surface area contributed by atoms with Crippen LogP contribution in [-0.2, 0) is 11.4 Å². The molecule has 3 aromatic carbocycles. The molecule has 1 aliphatic rings. The first kappa shape index (κ1) is 25.4. The first-order chi connectivity index (χ1) is 18.4. The molecule has 7 nitrogen and oxygen atoms in total. The third-order valence-corrected chi connectivity index (χ3v) is 7.09. The summed E-state index contributed by atoms with van der Waals surface area (Å²) in [4.78, 5) is 20.5. The lowest BCUT2D eigenvalue weighted by Gasteiger charge is -2.16. The van der Waals surface area contributed by atoms with E-state index in [1.807, 2.05) is 62.4 Å². The van der Waals surface area contributed by atoms with E-state index < -0.39 is 5.97 Å². The number of aromatic nitrogens is 2. The molecule has 1 aromatic heterocycles. The van der Waals surface area contributed by atoms with Gasteiger partial charge in [-0.2, -0.15) is 9.97 Å². The first-order valence-electron chi connectivity index (χ1n) is 12.6. The molecular formula is C31H30N2O5. The Kier molecular flexibility index (Phi) is 7.11. The molecule has 38 heavy (non-hydrogen) atoms. The Balaban J connectivity index is 1.40. The van der Waals surface area contributed by atoms with Gasteiger partial charge in [0.25, 0.3) is 0 Å². The fourth-order valence-electron chi connectivity index (χ4n) is 5.32. The average molecular weight is 511 g/mol. The zero-order chi connectivity index (χ0) is 26.8. The van der Waals surface area contributed by atoms with Crippen LogP contribution in [0.3, 0.4) is 0 Å². The second-order valence-electron chi connectivity index (χ2n) is 9.49. The number of rotatable bonds is 9. The number of hydrogen-bond donors (Lipinski definition) is 2. The maximum atomic E-state index is 11.5. The van der Waals surface area contributed by atoms with Crippen LogP contribution in [0.1, 0.15) is 46.0 Å². The van der Waals surface area contributed by atoms with Crippen LogP contribution < -0.4 is 9.47 Å². The number of carboxylic acids is 1. The molecule has 0 fully saturated rings. The van der Waals surface area contributed by atoms with Crippen LogP contribution >= 0.6 is 0 Å². The highest BCUT2D eigenvalue weighted by molar-refractivity contribution is 5.82. The van der Waals surface area contributed by atoms with E-state index in [1.165, 1.54) is 0 Å². The van der Waals surface area contributed by atoms with E-state index in [1.54, 1.807) is 0 Å². The van der Waals surface area contributed by atoms with Crippen molar-refractivity contribution < 1.29 is 24.5 Å². The van der Waals surface area contributed by atoms with Gasteiger partial charge in [-0.05, 0) is 71.8 Å². The van der Waals surface area contributed by atoms with Crippen LogP contribution in [0.15, 0.2) is 60.7 Å². The summed E-state index contributed by atoms with van der Waals surface area (Å²) >= 11 is 0. The summed E-state index contributed by atoms with van der Waals surface area (Å²) in [5.74, 6) is -0.224. The van der Waals surface area contributed by atoms with Crippen molar-refractivity contribution in [2.24, 2.45) is 0 Å². The van der Waals surface area contributed by atoms with Crippen molar-refractivity contribution in [3.63, 3.8) is 0 Å². The fraction of sp³-hybridized carbons (Fsp3) is 0.258. The molecule has 1 unspecified atom stereocenters. The highest BCUT2D eigenvalue weighted by Gasteiger charge is 2.30. The lowest BCUT2D eigenvalue weighted by atomic mass is 9.94. The fourth-order valence-corrected chi connectivity index (χ4v) is 5.32. The lowest BCUT2D eigenvalue weighted by Crippen LogP contribution is -2.08. The van der Waals surface area contributed by atoms with Crippen molar-refractivity contribution in [1.29, 1.82) is 0 Å². The molecule has 2 N–H and O–H groups in total. The maximum absolute atomic E-state index is 11.5. The summed E-state index contributed by atoms with van der Waals surface area (Å²) in [6.45, 7) is 6.37. The third kappa shape index (κ3) is 4.85. The number of fused-ring (bicyclic) bond motifs is 3. The molecule has 4 aromatic rings. The van der Waals surface area contributed by atoms with Gasteiger partial charge in [-0.1, -0.05) is 48.5 Å². The van der Waals surface area contributed by atoms with Crippen molar-refractivity contribution in [1.82, 2.24) is 9.97 Å². The highest BCUT2D eigenvalue weighted by Crippen LogP contribution is 2.47. The van der Waals surface area contributed by atoms with Gasteiger partial charge in [-0.25, -0.2) is 0 Å². The van der Waals surface area contributed by atoms with E-state index in [2.05, 4.69) is 29.0 Å². The molecule has 0 saturated heterocycles. The summed E-state index contributed by atoms with van der Waals surface area (Å²) in [6.07, 6.45) is 0.0628. The minimum Gasteiger partial charge on any atom is -0.489 e. The van der Waals surface area contributed by atoms with Crippen molar-refractivity contribution in [3.05, 3.63) is 94.3 Å². The van der Waals surface area contributed by atoms with E-state index in [9.17, 15) is 9.90 Å². The number of hydrogen-bond acceptors (Lipinski definition) is 6. The van der Waals surface area contributed by atoms with Gasteiger partial charge in [0.05, 0.1) is 24.4 Å². The molecule has 0 bridgehead atoms. The Labute approximate surface area is 221 Å². The summed E-state index contributed by atoms with van der Waals surface area (Å²) in [7, 11) is 0. The van der Waals surface area contributed by atoms with E-state index in [0.29, 0.717) is 6.61 Å². The largest absolute Gasteiger partial charge is 0.489 e. The van der Waals surface area contributed by atoms with Crippen molar-refractivity contribution in [2.45, 2.75) is 39.7 Å². The Morgan fingerprint density at radius 3 is 2.32 bits per heavy atom. The van der Waals surface area contributed by atoms with Crippen LogP contribution in [0.4, 0.5) is 0 Å². The van der Waals surface area contributed by atoms with Crippen LogP contribution in [0.5, 0.6) is 11.8 Å². The smallest absolute Gasteiger partial charge is 0.316 e. The summed E-state index contributed by atoms with van der Waals surface area (Å²) in [5, 5.41) is 18.5. The van der Waals surface area contributed by atoms with Gasteiger partial charge in [0.15, 0.2) is 0 Å². The molecule has 5 rings (SSSR count). The van der Waals surface area contributed by atoms with Gasteiger partial charge in [-0.3, -0.25) is 4.79 Å². The Morgan fingerprint density at radius 2 is 1.58 bits per heavy atom. The van der Waals surface area contributed by atoms with Crippen molar-refractivity contribution >= 4 is 5.97 Å². The molecule has 7 heteroatoms. The van der Waals surface area contributed by atoms with Gasteiger partial charge in [0, 0.05) is 11.5 Å². The maximum Gasteiger partial charge on any atom is 0.316 e. The number of carboxylic acid groups (broad SMARTS) is 1. The van der Waals surface area contributed by atoms with Crippen molar-refractivity contribution in [3.8, 4) is 34.0 Å². The molecule has 0 aliphatic heterocycles. The highest BCUT2D eigenvalue weighted by atomic mass is 16.5. The van der Waals surface area contributed by atoms with E-state index in [0.717, 1.165) is 61.6 Å². The Morgan fingerprint density at radius 1 is 0.868 bits per heavy atom. The minimum atomic E-state index is -0.809. The normalized spacial score (nSPS) is 13.6. The lowest BCUT2D eigenvalue weighted by molar-refractivity contribution is -0.137. The molecule has 0 saturated carbocycles. The van der Waals surface area contributed by atoms with E-state index in [4.69, 9.17) is 14.6 Å². The standard InChI is InChI=1S/C31H30N2O5/c1-18-21(7-6-10-23(18)30-19(2)32-31(33-20(30)3)37-14-13-34)17-38-22-11-12-26-27(15-22)24-8-4-5-9-25(24)28(26)16-29(35)36/h4-12,15,28,34H,13-14,16-17H2,1-3H3,(H,35,36). The number of ether oxygens (including phenoxy) is 2. The van der Waals surface area contributed by atoms with Gasteiger partial charge >= 0.3 is 12.0 Å². The molecule has 1 atom stereocenters. The molecule has 0 spiro atoms. The summed E-state index contributed by atoms with van der Waals surface area (Å²) in [6, 6.07) is 20.3.